The van der Waals surface area contributed by atoms with Crippen LogP contribution in [0.25, 0.3) is 27.9 Å². The van der Waals surface area contributed by atoms with Crippen molar-refractivity contribution in [3.63, 3.8) is 0 Å². The number of fused-ring (bicyclic) bond motifs is 3. The average molecular weight is 309 g/mol. The van der Waals surface area contributed by atoms with Gasteiger partial charge in [0.2, 0.25) is 5.95 Å². The summed E-state index contributed by atoms with van der Waals surface area (Å²) < 4.78 is 8.41. The van der Waals surface area contributed by atoms with Crippen molar-refractivity contribution in [2.24, 2.45) is 0 Å². The quantitative estimate of drug-likeness (QED) is 0.611. The average Bonchev–Trinajstić information content (AvgIpc) is 3.20. The van der Waals surface area contributed by atoms with Crippen molar-refractivity contribution in [3.05, 3.63) is 36.7 Å². The van der Waals surface area contributed by atoms with Crippen molar-refractivity contribution in [1.82, 2.24) is 29.4 Å². The van der Waals surface area contributed by atoms with E-state index in [9.17, 15) is 0 Å². The predicted molar refractivity (Wildman–Crippen MR) is 85.8 cm³/mol. The van der Waals surface area contributed by atoms with Crippen LogP contribution in [-0.4, -0.2) is 43.1 Å². The van der Waals surface area contributed by atoms with Gasteiger partial charge in [0.15, 0.2) is 11.5 Å². The highest BCUT2D eigenvalue weighted by molar-refractivity contribution is 5.92. The maximum absolute atomic E-state index is 6.00. The molecule has 0 unspecified atom stereocenters. The first-order valence-electron chi connectivity index (χ1n) is 7.19. The number of ether oxygens (including phenoxy) is 1. The fraction of sp³-hybridized carbons (Fsp3) is 0.200. The summed E-state index contributed by atoms with van der Waals surface area (Å²) in [7, 11) is 1.66. The zero-order chi connectivity index (χ0) is 15.8. The van der Waals surface area contributed by atoms with Crippen LogP contribution in [0.15, 0.2) is 36.7 Å². The van der Waals surface area contributed by atoms with Crippen LogP contribution in [0.3, 0.4) is 0 Å². The summed E-state index contributed by atoms with van der Waals surface area (Å²) in [6, 6.07) is 7.72. The lowest BCUT2D eigenvalue weighted by Crippen LogP contribution is -2.03. The van der Waals surface area contributed by atoms with Crippen molar-refractivity contribution in [1.29, 1.82) is 0 Å². The molecule has 0 aliphatic heterocycles. The molecule has 1 aromatic carbocycles. The van der Waals surface area contributed by atoms with Crippen molar-refractivity contribution in [3.8, 4) is 11.4 Å². The second-order valence-corrected chi connectivity index (χ2v) is 5.14. The lowest BCUT2D eigenvalue weighted by molar-refractivity contribution is 0.183. The third-order valence-electron chi connectivity index (χ3n) is 3.62. The Morgan fingerprint density at radius 2 is 2.09 bits per heavy atom. The summed E-state index contributed by atoms with van der Waals surface area (Å²) in [6.07, 6.45) is 3.62. The fourth-order valence-electron chi connectivity index (χ4n) is 2.49. The number of para-hydroxylation sites is 1. The molecule has 0 saturated carbocycles. The molecule has 4 aromatic rings. The largest absolute Gasteiger partial charge is 0.383 e. The van der Waals surface area contributed by atoms with Gasteiger partial charge in [0, 0.05) is 18.7 Å². The van der Waals surface area contributed by atoms with Gasteiger partial charge in [-0.1, -0.05) is 12.1 Å². The first-order valence-corrected chi connectivity index (χ1v) is 7.19. The minimum Gasteiger partial charge on any atom is -0.383 e. The van der Waals surface area contributed by atoms with Crippen LogP contribution in [0.2, 0.25) is 0 Å². The standard InChI is InChI=1S/C15H15N7O/c1-23-7-6-21-9-10(8-17-21)13-19-14-11-4-2-3-5-12(11)18-15(16)22(14)20-13/h2-5,8-9H,6-7H2,1H3,(H2,16,18). The minimum absolute atomic E-state index is 0.309. The number of nitrogens with two attached hydrogens (primary N) is 1. The number of methoxy groups -OCH3 is 1. The second kappa shape index (κ2) is 5.33. The SMILES string of the molecule is COCCn1cc(-c2nc3c4ccccc4nc(N)n3n2)cn1. The number of hydrogen-bond donors (Lipinski definition) is 1. The van der Waals surface area contributed by atoms with E-state index in [4.69, 9.17) is 10.5 Å². The Bertz CT molecular complexity index is 988. The molecular weight excluding hydrogens is 294 g/mol. The third-order valence-corrected chi connectivity index (χ3v) is 3.62. The van der Waals surface area contributed by atoms with Crippen molar-refractivity contribution in [2.75, 3.05) is 19.5 Å². The molecule has 0 radical (unpaired) electrons. The number of benzene rings is 1. The number of anilines is 1. The molecule has 0 saturated heterocycles. The topological polar surface area (TPSA) is 96.1 Å². The molecule has 8 nitrogen and oxygen atoms in total. The zero-order valence-corrected chi connectivity index (χ0v) is 12.5. The van der Waals surface area contributed by atoms with E-state index in [1.54, 1.807) is 22.5 Å². The summed E-state index contributed by atoms with van der Waals surface area (Å²) in [5.74, 6) is 0.878. The van der Waals surface area contributed by atoms with Crippen LogP contribution in [0.4, 0.5) is 5.95 Å². The van der Waals surface area contributed by atoms with Crippen molar-refractivity contribution >= 4 is 22.5 Å². The number of nitrogens with zero attached hydrogens (tertiary/aromatic N) is 6. The summed E-state index contributed by atoms with van der Waals surface area (Å²) in [6.45, 7) is 1.28. The van der Waals surface area contributed by atoms with Gasteiger partial charge in [-0.25, -0.2) is 9.97 Å². The molecule has 0 atom stereocenters. The summed E-state index contributed by atoms with van der Waals surface area (Å²) in [5.41, 5.74) is 8.31. The molecule has 2 N–H and O–H groups in total. The van der Waals surface area contributed by atoms with E-state index in [1.807, 2.05) is 30.5 Å². The van der Waals surface area contributed by atoms with Gasteiger partial charge in [0.25, 0.3) is 0 Å². The Kier molecular flexibility index (Phi) is 3.16. The first kappa shape index (κ1) is 13.6. The van der Waals surface area contributed by atoms with E-state index in [2.05, 4.69) is 20.2 Å². The number of hydrogen-bond acceptors (Lipinski definition) is 6. The Morgan fingerprint density at radius 1 is 1.22 bits per heavy atom. The first-order chi connectivity index (χ1) is 11.3. The highest BCUT2D eigenvalue weighted by Crippen LogP contribution is 2.22. The Morgan fingerprint density at radius 3 is 2.96 bits per heavy atom. The third kappa shape index (κ3) is 2.29. The van der Waals surface area contributed by atoms with E-state index >= 15 is 0 Å². The Labute approximate surface area is 131 Å². The highest BCUT2D eigenvalue weighted by atomic mass is 16.5. The number of rotatable bonds is 4. The van der Waals surface area contributed by atoms with Crippen LogP contribution in [0.1, 0.15) is 0 Å². The molecule has 4 rings (SSSR count). The molecule has 0 aliphatic carbocycles. The molecule has 0 fully saturated rings. The number of aromatic nitrogens is 6. The lowest BCUT2D eigenvalue weighted by Gasteiger charge is -2.00. The smallest absolute Gasteiger partial charge is 0.223 e. The predicted octanol–water partition coefficient (Wildman–Crippen LogP) is 1.37. The van der Waals surface area contributed by atoms with Gasteiger partial charge in [-0.2, -0.15) is 9.61 Å². The summed E-state index contributed by atoms with van der Waals surface area (Å²) in [5, 5.41) is 9.65. The van der Waals surface area contributed by atoms with Gasteiger partial charge in [-0.05, 0) is 12.1 Å². The van der Waals surface area contributed by atoms with Crippen LogP contribution in [0.5, 0.6) is 0 Å². The lowest BCUT2D eigenvalue weighted by atomic mass is 10.2. The van der Waals surface area contributed by atoms with Crippen LogP contribution >= 0.6 is 0 Å². The zero-order valence-electron chi connectivity index (χ0n) is 12.5. The Hall–Kier alpha value is -3.00. The van der Waals surface area contributed by atoms with E-state index < -0.39 is 0 Å². The van der Waals surface area contributed by atoms with Crippen LogP contribution < -0.4 is 5.73 Å². The van der Waals surface area contributed by atoms with Crippen LogP contribution in [-0.2, 0) is 11.3 Å². The van der Waals surface area contributed by atoms with Gasteiger partial charge < -0.3 is 10.5 Å². The molecule has 0 amide bonds. The van der Waals surface area contributed by atoms with E-state index in [1.165, 1.54) is 0 Å². The van der Waals surface area contributed by atoms with Gasteiger partial charge in [-0.15, -0.1) is 5.10 Å². The van der Waals surface area contributed by atoms with Crippen molar-refractivity contribution in [2.45, 2.75) is 6.54 Å². The molecule has 0 bridgehead atoms. The maximum atomic E-state index is 6.00. The van der Waals surface area contributed by atoms with Gasteiger partial charge in [0.05, 0.1) is 30.4 Å². The summed E-state index contributed by atoms with van der Waals surface area (Å²) in [4.78, 5) is 8.97. The van der Waals surface area contributed by atoms with Crippen LogP contribution in [0, 0.1) is 0 Å². The monoisotopic (exact) mass is 309 g/mol. The minimum atomic E-state index is 0.309. The van der Waals surface area contributed by atoms with Crippen molar-refractivity contribution < 1.29 is 4.74 Å². The molecule has 0 aliphatic rings. The molecule has 23 heavy (non-hydrogen) atoms. The second-order valence-electron chi connectivity index (χ2n) is 5.14. The van der Waals surface area contributed by atoms with Gasteiger partial charge in [-0.3, -0.25) is 4.68 Å². The number of nitrogen functional groups attached to an aromatic ring is 1. The molecule has 8 heteroatoms. The molecule has 0 spiro atoms. The normalized spacial score (nSPS) is 11.5. The van der Waals surface area contributed by atoms with Gasteiger partial charge in [0.1, 0.15) is 0 Å². The highest BCUT2D eigenvalue weighted by Gasteiger charge is 2.13. The molecule has 116 valence electrons. The maximum Gasteiger partial charge on any atom is 0.223 e. The van der Waals surface area contributed by atoms with E-state index in [0.29, 0.717) is 30.6 Å². The molecule has 3 aromatic heterocycles. The van der Waals surface area contributed by atoms with E-state index in [0.717, 1.165) is 16.5 Å². The Balaban J connectivity index is 1.84. The van der Waals surface area contributed by atoms with E-state index in [-0.39, 0.29) is 0 Å². The molecule has 3 heterocycles. The van der Waals surface area contributed by atoms with Gasteiger partial charge >= 0.3 is 0 Å². The fourth-order valence-corrected chi connectivity index (χ4v) is 2.49. The molecular formula is C15H15N7O. The summed E-state index contributed by atoms with van der Waals surface area (Å²) >= 11 is 0.